The molecule has 1 N–H and O–H groups in total. The van der Waals surface area contributed by atoms with Gasteiger partial charge in [-0.1, -0.05) is 30.3 Å². The molecule has 7 rings (SSSR count). The Bertz CT molecular complexity index is 2000. The number of hydrogen-bond donors (Lipinski definition) is 1. The molecule has 2 aliphatic rings. The fraction of sp³-hybridized carbons (Fsp3) is 0.312. The van der Waals surface area contributed by atoms with E-state index in [1.165, 1.54) is 13.4 Å². The molecule has 5 heterocycles. The summed E-state index contributed by atoms with van der Waals surface area (Å²) < 4.78 is 46.5. The monoisotopic (exact) mass is 614 g/mol. The summed E-state index contributed by atoms with van der Waals surface area (Å²) in [4.78, 5) is 41.0. The van der Waals surface area contributed by atoms with E-state index < -0.39 is 11.9 Å². The number of alkyl halides is 3. The third kappa shape index (κ3) is 5.59. The van der Waals surface area contributed by atoms with Gasteiger partial charge in [-0.05, 0) is 43.5 Å². The Kier molecular flexibility index (Phi) is 7.19. The van der Waals surface area contributed by atoms with Crippen LogP contribution in [0.15, 0.2) is 59.9 Å². The van der Waals surface area contributed by atoms with Crippen LogP contribution in [0.3, 0.4) is 0 Å². The third-order valence-electron chi connectivity index (χ3n) is 8.26. The van der Waals surface area contributed by atoms with Gasteiger partial charge in [0.15, 0.2) is 5.82 Å². The molecule has 1 aromatic carbocycles. The Hall–Kier alpha value is -4.91. The standard InChI is InChI=1S/C32H29F3N8O2/c1-42-11-9-19(10-12-42)23-13-22-14-36-28(25-26(20-7-8-20)38-17-39-30(25)45-2)41-29(22)43(31(23)44)16-18-3-5-21(6-4-18)27-37-15-24(40-27)32(33,34)35/h3-6,9,13-15,17,20H,7-8,10-12,16H2,1-2H3,(H,37,40). The van der Waals surface area contributed by atoms with Crippen molar-refractivity contribution < 1.29 is 17.9 Å². The highest BCUT2D eigenvalue weighted by molar-refractivity contribution is 5.82. The number of aromatic nitrogens is 7. The summed E-state index contributed by atoms with van der Waals surface area (Å²) in [5, 5.41) is 0.698. The average molecular weight is 615 g/mol. The lowest BCUT2D eigenvalue weighted by Gasteiger charge is -2.22. The van der Waals surface area contributed by atoms with Crippen molar-refractivity contribution in [2.24, 2.45) is 0 Å². The maximum Gasteiger partial charge on any atom is 0.432 e. The molecule has 0 radical (unpaired) electrons. The average Bonchev–Trinajstić information content (AvgIpc) is 3.76. The topological polar surface area (TPSA) is 115 Å². The number of nitrogens with one attached hydrogen (secondary N) is 1. The van der Waals surface area contributed by atoms with E-state index in [2.05, 4.69) is 30.9 Å². The zero-order valence-electron chi connectivity index (χ0n) is 24.6. The maximum atomic E-state index is 14.2. The van der Waals surface area contributed by atoms with Crippen LogP contribution in [0.1, 0.15) is 47.7 Å². The Balaban J connectivity index is 1.33. The number of imidazole rings is 1. The highest BCUT2D eigenvalue weighted by Gasteiger charge is 2.33. The van der Waals surface area contributed by atoms with Crippen molar-refractivity contribution in [1.82, 2.24) is 39.4 Å². The van der Waals surface area contributed by atoms with Crippen LogP contribution >= 0.6 is 0 Å². The zero-order chi connectivity index (χ0) is 31.3. The summed E-state index contributed by atoms with van der Waals surface area (Å²) in [6, 6.07) is 8.76. The van der Waals surface area contributed by atoms with E-state index in [0.29, 0.717) is 39.4 Å². The number of pyridine rings is 1. The van der Waals surface area contributed by atoms with Gasteiger partial charge in [0, 0.05) is 41.7 Å². The number of H-pyrrole nitrogens is 1. The molecule has 1 aliphatic carbocycles. The van der Waals surface area contributed by atoms with Crippen LogP contribution < -0.4 is 10.3 Å². The van der Waals surface area contributed by atoms with E-state index in [9.17, 15) is 18.0 Å². The van der Waals surface area contributed by atoms with Gasteiger partial charge >= 0.3 is 6.18 Å². The van der Waals surface area contributed by atoms with E-state index in [-0.39, 0.29) is 23.8 Å². The van der Waals surface area contributed by atoms with Crippen LogP contribution in [0.4, 0.5) is 13.2 Å². The molecule has 230 valence electrons. The molecule has 13 heteroatoms. The van der Waals surface area contributed by atoms with Crippen LogP contribution in [-0.4, -0.2) is 66.6 Å². The first-order chi connectivity index (χ1) is 21.7. The van der Waals surface area contributed by atoms with Gasteiger partial charge in [-0.2, -0.15) is 13.2 Å². The van der Waals surface area contributed by atoms with Gasteiger partial charge in [0.2, 0.25) is 5.88 Å². The molecule has 10 nitrogen and oxygen atoms in total. The van der Waals surface area contributed by atoms with Crippen molar-refractivity contribution in [1.29, 1.82) is 0 Å². The molecule has 1 fully saturated rings. The molecule has 1 saturated carbocycles. The van der Waals surface area contributed by atoms with Crippen molar-refractivity contribution in [2.45, 2.75) is 37.9 Å². The molecule has 0 atom stereocenters. The van der Waals surface area contributed by atoms with Gasteiger partial charge in [0.25, 0.3) is 5.56 Å². The predicted octanol–water partition coefficient (Wildman–Crippen LogP) is 5.31. The van der Waals surface area contributed by atoms with E-state index in [0.717, 1.165) is 55.4 Å². The minimum absolute atomic E-state index is 0.107. The molecule has 4 aromatic heterocycles. The maximum absolute atomic E-state index is 14.2. The Morgan fingerprint density at radius 2 is 1.87 bits per heavy atom. The lowest BCUT2D eigenvalue weighted by atomic mass is 10.00. The lowest BCUT2D eigenvalue weighted by Crippen LogP contribution is -2.28. The summed E-state index contributed by atoms with van der Waals surface area (Å²) in [6.07, 6.45) is 4.27. The molecule has 0 saturated heterocycles. The summed E-state index contributed by atoms with van der Waals surface area (Å²) in [5.74, 6) is 1.12. The molecule has 0 unspecified atom stereocenters. The van der Waals surface area contributed by atoms with Crippen LogP contribution in [0.5, 0.6) is 5.88 Å². The van der Waals surface area contributed by atoms with Gasteiger partial charge in [0.1, 0.15) is 29.1 Å². The summed E-state index contributed by atoms with van der Waals surface area (Å²) in [7, 11) is 3.58. The largest absolute Gasteiger partial charge is 0.480 e. The van der Waals surface area contributed by atoms with Crippen molar-refractivity contribution in [3.63, 3.8) is 0 Å². The van der Waals surface area contributed by atoms with Gasteiger partial charge in [-0.3, -0.25) is 9.36 Å². The first kappa shape index (κ1) is 28.8. The fourth-order valence-corrected chi connectivity index (χ4v) is 5.65. The predicted molar refractivity (Wildman–Crippen MR) is 162 cm³/mol. The number of benzene rings is 1. The van der Waals surface area contributed by atoms with Crippen molar-refractivity contribution in [2.75, 3.05) is 27.2 Å². The number of ether oxygens (including phenoxy) is 1. The molecule has 45 heavy (non-hydrogen) atoms. The van der Waals surface area contributed by atoms with E-state index >= 15 is 0 Å². The smallest absolute Gasteiger partial charge is 0.432 e. The molecule has 0 amide bonds. The first-order valence-corrected chi connectivity index (χ1v) is 14.6. The van der Waals surface area contributed by atoms with E-state index in [1.807, 2.05) is 13.1 Å². The number of aromatic amines is 1. The van der Waals surface area contributed by atoms with Gasteiger partial charge in [0.05, 0.1) is 25.5 Å². The Labute approximate surface area is 255 Å². The Morgan fingerprint density at radius 1 is 1.07 bits per heavy atom. The van der Waals surface area contributed by atoms with Crippen molar-refractivity contribution in [3.05, 3.63) is 88.0 Å². The van der Waals surface area contributed by atoms with Gasteiger partial charge < -0.3 is 14.6 Å². The van der Waals surface area contributed by atoms with Gasteiger partial charge in [-0.25, -0.2) is 24.9 Å². The number of rotatable bonds is 7. The molecule has 0 spiro atoms. The minimum Gasteiger partial charge on any atom is -0.480 e. The van der Waals surface area contributed by atoms with E-state index in [4.69, 9.17) is 14.7 Å². The summed E-state index contributed by atoms with van der Waals surface area (Å²) >= 11 is 0. The van der Waals surface area contributed by atoms with Crippen LogP contribution in [-0.2, 0) is 12.7 Å². The third-order valence-corrected chi connectivity index (χ3v) is 8.26. The minimum atomic E-state index is -4.52. The SMILES string of the molecule is COc1ncnc(C2CC2)c1-c1ncc2cc(C3=CCN(C)CC3)c(=O)n(Cc3ccc(-c4ncc(C(F)(F)F)[nH]4)cc3)c2n1. The van der Waals surface area contributed by atoms with Crippen LogP contribution in [0.25, 0.3) is 39.4 Å². The second kappa shape index (κ2) is 11.2. The van der Waals surface area contributed by atoms with Crippen LogP contribution in [0.2, 0.25) is 0 Å². The molecule has 1 aliphatic heterocycles. The summed E-state index contributed by atoms with van der Waals surface area (Å²) in [6.45, 7) is 1.75. The summed E-state index contributed by atoms with van der Waals surface area (Å²) in [5.41, 5.74) is 3.60. The lowest BCUT2D eigenvalue weighted by molar-refractivity contribution is -0.140. The molecular weight excluding hydrogens is 585 g/mol. The molecule has 5 aromatic rings. The van der Waals surface area contributed by atoms with Crippen LogP contribution in [0, 0.1) is 0 Å². The first-order valence-electron chi connectivity index (χ1n) is 14.6. The van der Waals surface area contributed by atoms with Crippen molar-refractivity contribution in [3.8, 4) is 28.7 Å². The second-order valence-electron chi connectivity index (χ2n) is 11.4. The van der Waals surface area contributed by atoms with Gasteiger partial charge in [-0.15, -0.1) is 0 Å². The van der Waals surface area contributed by atoms with Crippen molar-refractivity contribution >= 4 is 16.6 Å². The number of nitrogens with zero attached hydrogens (tertiary/aromatic N) is 7. The normalized spacial score (nSPS) is 15.8. The number of hydrogen-bond acceptors (Lipinski definition) is 8. The quantitative estimate of drug-likeness (QED) is 0.262. The second-order valence-corrected chi connectivity index (χ2v) is 11.4. The van der Waals surface area contributed by atoms with E-state index in [1.54, 1.807) is 35.0 Å². The highest BCUT2D eigenvalue weighted by atomic mass is 19.4. The number of halogens is 3. The number of likely N-dealkylation sites (N-methyl/N-ethyl adjacent to an activating group) is 1. The fourth-order valence-electron chi connectivity index (χ4n) is 5.65. The molecule has 0 bridgehead atoms. The zero-order valence-corrected chi connectivity index (χ0v) is 24.6. The molecular formula is C32H29F3N8O2. The highest BCUT2D eigenvalue weighted by Crippen LogP contribution is 2.45. The number of fused-ring (bicyclic) bond motifs is 1. The number of methoxy groups -OCH3 is 1. The Morgan fingerprint density at radius 3 is 2.53 bits per heavy atom.